The van der Waals surface area contributed by atoms with E-state index in [9.17, 15) is 13.2 Å². The molecule has 0 bridgehead atoms. The molecule has 0 amide bonds. The third kappa shape index (κ3) is 3.55. The van der Waals surface area contributed by atoms with Crippen molar-refractivity contribution in [1.29, 1.82) is 0 Å². The second-order valence-electron chi connectivity index (χ2n) is 5.70. The summed E-state index contributed by atoms with van der Waals surface area (Å²) < 4.78 is 38.7. The Morgan fingerprint density at radius 1 is 0.875 bits per heavy atom. The molecule has 128 valence electrons. The zero-order chi connectivity index (χ0) is 17.3. The van der Waals surface area contributed by atoms with Crippen LogP contribution in [0.2, 0.25) is 0 Å². The zero-order valence-electron chi connectivity index (χ0n) is 13.4. The molecule has 24 heavy (non-hydrogen) atoms. The number of hydrogen-bond donors (Lipinski definition) is 0. The highest BCUT2D eigenvalue weighted by Crippen LogP contribution is 2.29. The van der Waals surface area contributed by atoms with Gasteiger partial charge in [0.15, 0.2) is 5.82 Å². The van der Waals surface area contributed by atoms with Crippen LogP contribution < -0.4 is 9.80 Å². The fraction of sp³-hybridized carbons (Fsp3) is 0.467. The largest absolute Gasteiger partial charge is 0.433 e. The average molecular weight is 338 g/mol. The zero-order valence-corrected chi connectivity index (χ0v) is 13.4. The van der Waals surface area contributed by atoms with Gasteiger partial charge < -0.3 is 9.80 Å². The Morgan fingerprint density at radius 2 is 1.54 bits per heavy atom. The average Bonchev–Trinajstić information content (AvgIpc) is 2.54. The normalized spacial score (nSPS) is 15.7. The van der Waals surface area contributed by atoms with Crippen LogP contribution in [0.1, 0.15) is 17.1 Å². The molecule has 2 aromatic rings. The molecule has 9 heteroatoms. The van der Waals surface area contributed by atoms with Crippen LogP contribution in [0.4, 0.5) is 24.9 Å². The second kappa shape index (κ2) is 6.21. The van der Waals surface area contributed by atoms with Gasteiger partial charge >= 0.3 is 6.18 Å². The maximum atomic E-state index is 12.9. The van der Waals surface area contributed by atoms with E-state index >= 15 is 0 Å². The van der Waals surface area contributed by atoms with Crippen LogP contribution in [0.15, 0.2) is 18.2 Å². The van der Waals surface area contributed by atoms with Crippen molar-refractivity contribution in [1.82, 2.24) is 20.2 Å². The fourth-order valence-corrected chi connectivity index (χ4v) is 2.54. The number of aromatic nitrogens is 4. The van der Waals surface area contributed by atoms with E-state index in [1.807, 2.05) is 24.0 Å². The van der Waals surface area contributed by atoms with Crippen molar-refractivity contribution in [3.05, 3.63) is 35.3 Å². The van der Waals surface area contributed by atoms with Crippen molar-refractivity contribution in [2.75, 3.05) is 36.0 Å². The van der Waals surface area contributed by atoms with Gasteiger partial charge in [0.1, 0.15) is 5.69 Å². The van der Waals surface area contributed by atoms with E-state index in [2.05, 4.69) is 20.2 Å². The first-order valence-corrected chi connectivity index (χ1v) is 7.56. The molecule has 0 atom stereocenters. The van der Waals surface area contributed by atoms with Crippen LogP contribution in [-0.2, 0) is 6.18 Å². The summed E-state index contributed by atoms with van der Waals surface area (Å²) in [5, 5.41) is 8.16. The predicted molar refractivity (Wildman–Crippen MR) is 83.0 cm³/mol. The van der Waals surface area contributed by atoms with E-state index in [1.54, 1.807) is 11.8 Å². The predicted octanol–water partition coefficient (Wildman–Crippen LogP) is 2.23. The molecule has 3 rings (SSSR count). The topological polar surface area (TPSA) is 58.0 Å². The van der Waals surface area contributed by atoms with E-state index in [0.717, 1.165) is 17.6 Å². The first kappa shape index (κ1) is 16.4. The number of alkyl halides is 3. The summed E-state index contributed by atoms with van der Waals surface area (Å²) in [6.07, 6.45) is -4.47. The van der Waals surface area contributed by atoms with E-state index < -0.39 is 11.9 Å². The molecular weight excluding hydrogens is 321 g/mol. The minimum atomic E-state index is -4.47. The molecule has 1 saturated heterocycles. The lowest BCUT2D eigenvalue weighted by molar-refractivity contribution is -0.141. The molecule has 0 radical (unpaired) electrons. The highest BCUT2D eigenvalue weighted by atomic mass is 19.4. The van der Waals surface area contributed by atoms with Gasteiger partial charge in [-0.25, -0.2) is 9.97 Å². The summed E-state index contributed by atoms with van der Waals surface area (Å²) >= 11 is 0. The SMILES string of the molecule is Cc1ccc(N2CCN(c3nc(C)cc(C(F)(F)F)n3)CC2)nn1. The molecule has 1 aliphatic heterocycles. The molecule has 0 N–H and O–H groups in total. The van der Waals surface area contributed by atoms with Gasteiger partial charge in [0, 0.05) is 31.9 Å². The lowest BCUT2D eigenvalue weighted by Gasteiger charge is -2.35. The van der Waals surface area contributed by atoms with Gasteiger partial charge in [-0.3, -0.25) is 0 Å². The fourth-order valence-electron chi connectivity index (χ4n) is 2.54. The molecule has 0 aromatic carbocycles. The summed E-state index contributed by atoms with van der Waals surface area (Å²) in [5.41, 5.74) is 0.237. The van der Waals surface area contributed by atoms with Crippen LogP contribution in [0, 0.1) is 13.8 Å². The maximum Gasteiger partial charge on any atom is 0.433 e. The maximum absolute atomic E-state index is 12.9. The van der Waals surface area contributed by atoms with Crippen LogP contribution in [0.3, 0.4) is 0 Å². The monoisotopic (exact) mass is 338 g/mol. The molecule has 0 saturated carbocycles. The number of aryl methyl sites for hydroxylation is 2. The summed E-state index contributed by atoms with van der Waals surface area (Å²) in [6.45, 7) is 5.69. The molecule has 6 nitrogen and oxygen atoms in total. The van der Waals surface area contributed by atoms with Crippen molar-refractivity contribution < 1.29 is 13.2 Å². The Hall–Kier alpha value is -2.45. The standard InChI is InChI=1S/C15H17F3N6/c1-10-3-4-13(22-21-10)23-5-7-24(8-6-23)14-19-11(2)9-12(20-14)15(16,17)18/h3-4,9H,5-8H2,1-2H3. The number of rotatable bonds is 2. The number of nitrogens with zero attached hydrogens (tertiary/aromatic N) is 6. The molecule has 1 fully saturated rings. The van der Waals surface area contributed by atoms with Crippen LogP contribution >= 0.6 is 0 Å². The Morgan fingerprint density at radius 3 is 2.12 bits per heavy atom. The minimum absolute atomic E-state index is 0.122. The lowest BCUT2D eigenvalue weighted by Crippen LogP contribution is -2.47. The number of piperazine rings is 1. The first-order chi connectivity index (χ1) is 11.3. The third-order valence-corrected chi connectivity index (χ3v) is 3.80. The van der Waals surface area contributed by atoms with Crippen LogP contribution in [-0.4, -0.2) is 46.3 Å². The van der Waals surface area contributed by atoms with Crippen molar-refractivity contribution in [2.24, 2.45) is 0 Å². The van der Waals surface area contributed by atoms with Gasteiger partial charge in [-0.2, -0.15) is 18.3 Å². The Labute approximate surface area is 137 Å². The van der Waals surface area contributed by atoms with Crippen molar-refractivity contribution in [3.8, 4) is 0 Å². The summed E-state index contributed by atoms with van der Waals surface area (Å²) in [7, 11) is 0. The number of hydrogen-bond acceptors (Lipinski definition) is 6. The van der Waals surface area contributed by atoms with E-state index in [1.165, 1.54) is 0 Å². The van der Waals surface area contributed by atoms with E-state index in [0.29, 0.717) is 31.9 Å². The minimum Gasteiger partial charge on any atom is -0.352 e. The van der Waals surface area contributed by atoms with Crippen molar-refractivity contribution in [3.63, 3.8) is 0 Å². The van der Waals surface area contributed by atoms with Gasteiger partial charge in [-0.15, -0.1) is 5.10 Å². The Balaban J connectivity index is 1.73. The van der Waals surface area contributed by atoms with Gasteiger partial charge in [0.05, 0.1) is 5.69 Å². The van der Waals surface area contributed by atoms with E-state index in [-0.39, 0.29) is 5.95 Å². The van der Waals surface area contributed by atoms with E-state index in [4.69, 9.17) is 0 Å². The highest BCUT2D eigenvalue weighted by Gasteiger charge is 2.34. The second-order valence-corrected chi connectivity index (χ2v) is 5.70. The van der Waals surface area contributed by atoms with Gasteiger partial charge in [0.25, 0.3) is 0 Å². The number of halogens is 3. The van der Waals surface area contributed by atoms with Crippen molar-refractivity contribution in [2.45, 2.75) is 20.0 Å². The van der Waals surface area contributed by atoms with Gasteiger partial charge in [-0.1, -0.05) is 0 Å². The first-order valence-electron chi connectivity index (χ1n) is 7.56. The molecule has 2 aromatic heterocycles. The molecule has 1 aliphatic rings. The molecule has 0 unspecified atom stereocenters. The summed E-state index contributed by atoms with van der Waals surface area (Å²) in [4.78, 5) is 11.6. The smallest absolute Gasteiger partial charge is 0.352 e. The third-order valence-electron chi connectivity index (χ3n) is 3.80. The molecular formula is C15H17F3N6. The summed E-state index contributed by atoms with van der Waals surface area (Å²) in [6, 6.07) is 4.73. The quantitative estimate of drug-likeness (QED) is 0.837. The van der Waals surface area contributed by atoms with Crippen LogP contribution in [0.25, 0.3) is 0 Å². The molecule has 3 heterocycles. The lowest BCUT2D eigenvalue weighted by atomic mass is 10.3. The van der Waals surface area contributed by atoms with Crippen molar-refractivity contribution >= 4 is 11.8 Å². The Kier molecular flexibility index (Phi) is 4.25. The van der Waals surface area contributed by atoms with Gasteiger partial charge in [0.2, 0.25) is 5.95 Å². The van der Waals surface area contributed by atoms with Crippen LogP contribution in [0.5, 0.6) is 0 Å². The van der Waals surface area contributed by atoms with Gasteiger partial charge in [-0.05, 0) is 32.0 Å². The molecule has 0 aliphatic carbocycles. The highest BCUT2D eigenvalue weighted by molar-refractivity contribution is 5.42. The Bertz CT molecular complexity index is 708. The molecule has 0 spiro atoms. The summed E-state index contributed by atoms with van der Waals surface area (Å²) in [5.74, 6) is 0.887. The number of anilines is 2.